The van der Waals surface area contributed by atoms with E-state index in [2.05, 4.69) is 66.1 Å². The van der Waals surface area contributed by atoms with E-state index in [1.807, 2.05) is 30.3 Å². The number of fused-ring (bicyclic) bond motifs is 1. The van der Waals surface area contributed by atoms with E-state index in [9.17, 15) is 0 Å². The van der Waals surface area contributed by atoms with Crippen LogP contribution in [0, 0.1) is 0 Å². The minimum atomic E-state index is -0.0325. The van der Waals surface area contributed by atoms with Gasteiger partial charge in [-0.3, -0.25) is 4.90 Å². The van der Waals surface area contributed by atoms with E-state index in [0.29, 0.717) is 5.02 Å². The van der Waals surface area contributed by atoms with E-state index in [0.717, 1.165) is 46.4 Å². The van der Waals surface area contributed by atoms with Crippen molar-refractivity contribution in [2.24, 2.45) is 5.73 Å². The Morgan fingerprint density at radius 2 is 1.72 bits per heavy atom. The zero-order valence-electron chi connectivity index (χ0n) is 23.7. The Morgan fingerprint density at radius 1 is 1.03 bits per heavy atom. The van der Waals surface area contributed by atoms with Crippen molar-refractivity contribution in [2.45, 2.75) is 45.2 Å². The summed E-state index contributed by atoms with van der Waals surface area (Å²) in [4.78, 5) is 11.9. The fraction of sp³-hybridized carbons (Fsp3) is 0.424. The van der Waals surface area contributed by atoms with Crippen LogP contribution in [0.3, 0.4) is 0 Å². The van der Waals surface area contributed by atoms with Crippen molar-refractivity contribution in [2.75, 3.05) is 46.3 Å². The van der Waals surface area contributed by atoms with Crippen molar-refractivity contribution < 1.29 is 0 Å². The minimum Gasteiger partial charge on any atom is -0.373 e. The van der Waals surface area contributed by atoms with Crippen molar-refractivity contribution >= 4 is 28.6 Å². The zero-order chi connectivity index (χ0) is 27.8. The average molecular weight is 546 g/mol. The van der Waals surface area contributed by atoms with Gasteiger partial charge in [0, 0.05) is 42.8 Å². The highest BCUT2D eigenvalue weighted by atomic mass is 35.5. The molecule has 2 aliphatic rings. The highest BCUT2D eigenvalue weighted by molar-refractivity contribution is 6.35. The average Bonchev–Trinajstić information content (AvgIpc) is 3.51. The monoisotopic (exact) mass is 545 g/mol. The highest BCUT2D eigenvalue weighted by Crippen LogP contribution is 2.30. The smallest absolute Gasteiger partial charge is 0.0835 e. The molecule has 5 rings (SSSR count). The number of unbranched alkanes of at least 4 members (excludes halogenated alkanes) is 1. The molecule has 2 aliphatic heterocycles. The zero-order valence-corrected chi connectivity index (χ0v) is 24.5. The van der Waals surface area contributed by atoms with Crippen LogP contribution in [0.4, 0.5) is 0 Å². The number of aromatic nitrogens is 1. The standard InChI is InChI=1S/C22H22ClN3.C11H22N2/c1-2-15-5-10-18-19(23)14-20(25-21(18)13-15)16-6-8-17(9-7-16)22(24)26-11-3-4-12-26;1-4-5-6-11(2)13-9-7-12(3)8-10-13/h2,5-10,13-14,22H,1,3-4,11-12,24H2;2,4-10H2,1,3H3. The molecule has 0 aliphatic carbocycles. The molecule has 1 unspecified atom stereocenters. The molecule has 0 saturated carbocycles. The third kappa shape index (κ3) is 7.70. The van der Waals surface area contributed by atoms with Crippen LogP contribution >= 0.6 is 11.6 Å². The number of likely N-dealkylation sites (N-methyl/N-ethyl adjacent to an activating group) is 1. The van der Waals surface area contributed by atoms with Crippen LogP contribution in [-0.2, 0) is 0 Å². The second-order valence-corrected chi connectivity index (χ2v) is 11.1. The van der Waals surface area contributed by atoms with Gasteiger partial charge >= 0.3 is 0 Å². The Balaban J connectivity index is 0.000000229. The van der Waals surface area contributed by atoms with E-state index in [1.54, 1.807) is 0 Å². The molecule has 39 heavy (non-hydrogen) atoms. The second-order valence-electron chi connectivity index (χ2n) is 10.7. The van der Waals surface area contributed by atoms with E-state index in [-0.39, 0.29) is 6.17 Å². The Morgan fingerprint density at radius 3 is 2.36 bits per heavy atom. The van der Waals surface area contributed by atoms with Crippen LogP contribution in [0.2, 0.25) is 5.02 Å². The summed E-state index contributed by atoms with van der Waals surface area (Å²) in [5, 5.41) is 1.66. The number of nitrogens with zero attached hydrogens (tertiary/aromatic N) is 4. The van der Waals surface area contributed by atoms with Crippen LogP contribution in [0.1, 0.15) is 56.3 Å². The molecule has 3 aromatic rings. The van der Waals surface area contributed by atoms with Gasteiger partial charge in [-0.15, -0.1) is 0 Å². The van der Waals surface area contributed by atoms with E-state index < -0.39 is 0 Å². The number of piperazine rings is 1. The van der Waals surface area contributed by atoms with Gasteiger partial charge in [-0.1, -0.05) is 80.6 Å². The van der Waals surface area contributed by atoms with Crippen molar-refractivity contribution in [3.05, 3.63) is 83.5 Å². The van der Waals surface area contributed by atoms with Gasteiger partial charge in [0.15, 0.2) is 0 Å². The number of allylic oxidation sites excluding steroid dienone is 1. The first-order valence-corrected chi connectivity index (χ1v) is 14.7. The lowest BCUT2D eigenvalue weighted by atomic mass is 10.0. The lowest BCUT2D eigenvalue weighted by molar-refractivity contribution is 0.182. The summed E-state index contributed by atoms with van der Waals surface area (Å²) in [5.41, 5.74) is 12.7. The van der Waals surface area contributed by atoms with Gasteiger partial charge in [0.1, 0.15) is 0 Å². The Bertz CT molecular complexity index is 1240. The summed E-state index contributed by atoms with van der Waals surface area (Å²) in [6.07, 6.45) is 7.99. The fourth-order valence-corrected chi connectivity index (χ4v) is 5.48. The summed E-state index contributed by atoms with van der Waals surface area (Å²) in [5.74, 6) is 0. The number of halogens is 1. The number of pyridine rings is 1. The summed E-state index contributed by atoms with van der Waals surface area (Å²) in [6.45, 7) is 17.1. The number of benzene rings is 2. The molecule has 0 spiro atoms. The molecule has 2 N–H and O–H groups in total. The summed E-state index contributed by atoms with van der Waals surface area (Å²) in [6, 6.07) is 16.3. The van der Waals surface area contributed by atoms with Gasteiger partial charge in [0.25, 0.3) is 0 Å². The highest BCUT2D eigenvalue weighted by Gasteiger charge is 2.20. The summed E-state index contributed by atoms with van der Waals surface area (Å²) < 4.78 is 0. The molecule has 2 saturated heterocycles. The predicted molar refractivity (Wildman–Crippen MR) is 168 cm³/mol. The van der Waals surface area contributed by atoms with Crippen LogP contribution in [0.25, 0.3) is 28.2 Å². The first-order chi connectivity index (χ1) is 18.9. The minimum absolute atomic E-state index is 0.0325. The largest absolute Gasteiger partial charge is 0.373 e. The Labute approximate surface area is 239 Å². The maximum Gasteiger partial charge on any atom is 0.0835 e. The van der Waals surface area contributed by atoms with Crippen molar-refractivity contribution in [1.29, 1.82) is 0 Å². The predicted octanol–water partition coefficient (Wildman–Crippen LogP) is 7.19. The van der Waals surface area contributed by atoms with Gasteiger partial charge in [0.2, 0.25) is 0 Å². The molecule has 1 aromatic heterocycles. The quantitative estimate of drug-likeness (QED) is 0.324. The van der Waals surface area contributed by atoms with Crippen molar-refractivity contribution in [3.63, 3.8) is 0 Å². The van der Waals surface area contributed by atoms with E-state index >= 15 is 0 Å². The summed E-state index contributed by atoms with van der Waals surface area (Å²) >= 11 is 6.48. The normalized spacial score (nSPS) is 17.1. The topological polar surface area (TPSA) is 48.6 Å². The molecule has 2 aromatic carbocycles. The number of hydrogen-bond acceptors (Lipinski definition) is 5. The molecule has 0 radical (unpaired) electrons. The third-order valence-corrected chi connectivity index (χ3v) is 8.18. The first-order valence-electron chi connectivity index (χ1n) is 14.3. The van der Waals surface area contributed by atoms with Crippen LogP contribution < -0.4 is 5.73 Å². The van der Waals surface area contributed by atoms with Gasteiger partial charge in [0.05, 0.1) is 22.4 Å². The van der Waals surface area contributed by atoms with Crippen LogP contribution in [-0.4, -0.2) is 66.0 Å². The number of nitrogens with two attached hydrogens (primary N) is 1. The van der Waals surface area contributed by atoms with Crippen LogP contribution in [0.5, 0.6) is 0 Å². The second kappa shape index (κ2) is 14.1. The molecule has 1 atom stereocenters. The molecule has 6 heteroatoms. The number of rotatable bonds is 8. The fourth-order valence-electron chi connectivity index (χ4n) is 5.22. The molecular formula is C33H44ClN5. The van der Waals surface area contributed by atoms with Crippen LogP contribution in [0.15, 0.2) is 67.4 Å². The first kappa shape index (κ1) is 29.3. The van der Waals surface area contributed by atoms with Gasteiger partial charge < -0.3 is 15.5 Å². The maximum atomic E-state index is 6.48. The van der Waals surface area contributed by atoms with Gasteiger partial charge in [-0.2, -0.15) is 0 Å². The third-order valence-electron chi connectivity index (χ3n) is 7.87. The van der Waals surface area contributed by atoms with Gasteiger partial charge in [-0.25, -0.2) is 4.98 Å². The maximum absolute atomic E-state index is 6.48. The Hall–Kier alpha value is -2.70. The van der Waals surface area contributed by atoms with Crippen molar-refractivity contribution in [3.8, 4) is 11.3 Å². The van der Waals surface area contributed by atoms with E-state index in [1.165, 1.54) is 64.0 Å². The summed E-state index contributed by atoms with van der Waals surface area (Å²) in [7, 11) is 2.19. The molecule has 5 nitrogen and oxygen atoms in total. The Kier molecular flexibility index (Phi) is 10.6. The molecule has 3 heterocycles. The molecule has 0 amide bonds. The SMILES string of the molecule is C=C(CCCC)N1CCN(C)CC1.C=Cc1ccc2c(Cl)cc(-c3ccc(C(N)N4CCCC4)cc3)nc2c1. The molecule has 2 fully saturated rings. The van der Waals surface area contributed by atoms with E-state index in [4.69, 9.17) is 22.3 Å². The number of hydrogen-bond donors (Lipinski definition) is 1. The lowest BCUT2D eigenvalue weighted by Gasteiger charge is -2.35. The van der Waals surface area contributed by atoms with Crippen molar-refractivity contribution in [1.82, 2.24) is 19.7 Å². The molecule has 208 valence electrons. The molecular weight excluding hydrogens is 502 g/mol. The lowest BCUT2D eigenvalue weighted by Crippen LogP contribution is -2.43. The molecule has 0 bridgehead atoms. The number of likely N-dealkylation sites (tertiary alicyclic amines) is 1. The van der Waals surface area contributed by atoms with Gasteiger partial charge in [-0.05, 0) is 69.1 Å².